The standard InChI is InChI=1S/C12H15N4O/c13-11(14)9-1-3-10(4-2-9)12(17)16-7-5-15-6-8-16/h1-4H,5-8H2,(H3,13,14). The Hall–Kier alpha value is -1.88. The number of amides is 1. The smallest absolute Gasteiger partial charge is 0.253 e. The molecule has 1 aliphatic rings. The summed E-state index contributed by atoms with van der Waals surface area (Å²) in [6.07, 6.45) is 0. The normalized spacial score (nSPS) is 15.6. The van der Waals surface area contributed by atoms with Gasteiger partial charge >= 0.3 is 0 Å². The third kappa shape index (κ3) is 2.62. The Morgan fingerprint density at radius 2 is 1.71 bits per heavy atom. The lowest BCUT2D eigenvalue weighted by molar-refractivity contribution is 0.0734. The van der Waals surface area contributed by atoms with E-state index < -0.39 is 0 Å². The zero-order valence-electron chi connectivity index (χ0n) is 9.52. The summed E-state index contributed by atoms with van der Waals surface area (Å²) in [5, 5.41) is 11.5. The van der Waals surface area contributed by atoms with Crippen LogP contribution < -0.4 is 11.1 Å². The van der Waals surface area contributed by atoms with Gasteiger partial charge in [0.2, 0.25) is 0 Å². The summed E-state index contributed by atoms with van der Waals surface area (Å²) in [6.45, 7) is 2.81. The van der Waals surface area contributed by atoms with Gasteiger partial charge in [-0.2, -0.15) is 0 Å². The van der Waals surface area contributed by atoms with Gasteiger partial charge in [0.1, 0.15) is 5.84 Å². The topological polar surface area (TPSA) is 84.3 Å². The monoisotopic (exact) mass is 231 g/mol. The SMILES string of the molecule is N=C(N)c1ccc(C(=O)N2CC[N]CC2)cc1. The first-order chi connectivity index (χ1) is 8.18. The highest BCUT2D eigenvalue weighted by Gasteiger charge is 2.18. The number of hydrogen-bond donors (Lipinski definition) is 2. The van der Waals surface area contributed by atoms with Crippen LogP contribution in [0.3, 0.4) is 0 Å². The lowest BCUT2D eigenvalue weighted by atomic mass is 10.1. The number of nitrogens with one attached hydrogen (secondary N) is 1. The number of piperazine rings is 1. The van der Waals surface area contributed by atoms with Crippen molar-refractivity contribution in [3.63, 3.8) is 0 Å². The second-order valence-corrected chi connectivity index (χ2v) is 3.95. The molecule has 0 saturated carbocycles. The van der Waals surface area contributed by atoms with Crippen LogP contribution in [0.5, 0.6) is 0 Å². The second kappa shape index (κ2) is 4.97. The van der Waals surface area contributed by atoms with Crippen LogP contribution in [0.4, 0.5) is 0 Å². The van der Waals surface area contributed by atoms with Crippen LogP contribution in [0.1, 0.15) is 15.9 Å². The molecule has 89 valence electrons. The van der Waals surface area contributed by atoms with E-state index in [1.807, 2.05) is 0 Å². The third-order valence-corrected chi connectivity index (χ3v) is 2.79. The van der Waals surface area contributed by atoms with Crippen LogP contribution in [-0.4, -0.2) is 42.8 Å². The number of amidine groups is 1. The van der Waals surface area contributed by atoms with Crippen molar-refractivity contribution in [1.29, 1.82) is 5.41 Å². The van der Waals surface area contributed by atoms with Gasteiger partial charge in [0.05, 0.1) is 0 Å². The Morgan fingerprint density at radius 1 is 1.18 bits per heavy atom. The molecule has 1 amide bonds. The van der Waals surface area contributed by atoms with Gasteiger partial charge in [0.15, 0.2) is 0 Å². The number of hydrogen-bond acceptors (Lipinski definition) is 2. The van der Waals surface area contributed by atoms with E-state index in [-0.39, 0.29) is 11.7 Å². The van der Waals surface area contributed by atoms with Crippen molar-refractivity contribution in [2.75, 3.05) is 26.2 Å². The van der Waals surface area contributed by atoms with Gasteiger partial charge in [0.25, 0.3) is 5.91 Å². The number of rotatable bonds is 2. The van der Waals surface area contributed by atoms with Crippen LogP contribution >= 0.6 is 0 Å². The molecule has 0 aromatic heterocycles. The number of nitrogens with zero attached hydrogens (tertiary/aromatic N) is 2. The molecule has 0 aliphatic carbocycles. The number of nitrogens with two attached hydrogens (primary N) is 1. The summed E-state index contributed by atoms with van der Waals surface area (Å²) in [5.41, 5.74) is 6.63. The third-order valence-electron chi connectivity index (χ3n) is 2.79. The lowest BCUT2D eigenvalue weighted by Gasteiger charge is -2.26. The van der Waals surface area contributed by atoms with Gasteiger partial charge in [-0.05, 0) is 12.1 Å². The van der Waals surface area contributed by atoms with Gasteiger partial charge in [-0.1, -0.05) is 12.1 Å². The molecule has 1 aromatic rings. The van der Waals surface area contributed by atoms with Crippen molar-refractivity contribution in [1.82, 2.24) is 10.2 Å². The van der Waals surface area contributed by atoms with E-state index in [9.17, 15) is 4.79 Å². The van der Waals surface area contributed by atoms with Crippen molar-refractivity contribution in [2.24, 2.45) is 5.73 Å². The molecule has 2 rings (SSSR count). The van der Waals surface area contributed by atoms with Gasteiger partial charge in [-0.25, -0.2) is 5.32 Å². The van der Waals surface area contributed by atoms with E-state index >= 15 is 0 Å². The van der Waals surface area contributed by atoms with Gasteiger partial charge < -0.3 is 10.6 Å². The van der Waals surface area contributed by atoms with Gasteiger partial charge in [-0.3, -0.25) is 10.2 Å². The molecule has 17 heavy (non-hydrogen) atoms. The number of carbonyl (C=O) groups excluding carboxylic acids is 1. The van der Waals surface area contributed by atoms with Crippen LogP contribution in [0.15, 0.2) is 24.3 Å². The molecule has 1 aromatic carbocycles. The molecule has 3 N–H and O–H groups in total. The Balaban J connectivity index is 2.10. The van der Waals surface area contributed by atoms with Crippen molar-refractivity contribution >= 4 is 11.7 Å². The average Bonchev–Trinajstić information content (AvgIpc) is 2.39. The average molecular weight is 231 g/mol. The molecular formula is C12H15N4O. The first-order valence-corrected chi connectivity index (χ1v) is 5.55. The highest BCUT2D eigenvalue weighted by molar-refractivity contribution is 5.98. The molecule has 1 saturated heterocycles. The lowest BCUT2D eigenvalue weighted by Crippen LogP contribution is -2.43. The molecule has 5 nitrogen and oxygen atoms in total. The highest BCUT2D eigenvalue weighted by Crippen LogP contribution is 2.08. The summed E-state index contributed by atoms with van der Waals surface area (Å²) < 4.78 is 0. The van der Waals surface area contributed by atoms with Crippen molar-refractivity contribution in [3.05, 3.63) is 35.4 Å². The van der Waals surface area contributed by atoms with Crippen molar-refractivity contribution < 1.29 is 4.79 Å². The van der Waals surface area contributed by atoms with Crippen LogP contribution in [0.2, 0.25) is 0 Å². The van der Waals surface area contributed by atoms with Crippen molar-refractivity contribution in [3.8, 4) is 0 Å². The largest absolute Gasteiger partial charge is 0.384 e. The van der Waals surface area contributed by atoms with E-state index in [4.69, 9.17) is 11.1 Å². The van der Waals surface area contributed by atoms with E-state index in [1.165, 1.54) is 0 Å². The first kappa shape index (κ1) is 11.6. The van der Waals surface area contributed by atoms with E-state index in [0.29, 0.717) is 24.2 Å². The molecule has 1 aliphatic heterocycles. The van der Waals surface area contributed by atoms with Crippen LogP contribution in [0.25, 0.3) is 0 Å². The molecular weight excluding hydrogens is 216 g/mol. The maximum Gasteiger partial charge on any atom is 0.253 e. The van der Waals surface area contributed by atoms with Crippen LogP contribution in [0, 0.1) is 5.41 Å². The van der Waals surface area contributed by atoms with E-state index in [1.54, 1.807) is 29.2 Å². The Kier molecular flexibility index (Phi) is 3.39. The van der Waals surface area contributed by atoms with Crippen molar-refractivity contribution in [2.45, 2.75) is 0 Å². The maximum absolute atomic E-state index is 12.1. The summed E-state index contributed by atoms with van der Waals surface area (Å²) in [4.78, 5) is 13.9. The minimum absolute atomic E-state index is 0.0146. The summed E-state index contributed by atoms with van der Waals surface area (Å²) in [7, 11) is 0. The second-order valence-electron chi connectivity index (χ2n) is 3.95. The number of benzene rings is 1. The number of nitrogen functional groups attached to an aromatic ring is 1. The Labute approximate surface area is 100 Å². The zero-order valence-corrected chi connectivity index (χ0v) is 9.52. The van der Waals surface area contributed by atoms with E-state index in [2.05, 4.69) is 5.32 Å². The molecule has 0 atom stereocenters. The Bertz CT molecular complexity index is 421. The van der Waals surface area contributed by atoms with Crippen LogP contribution in [-0.2, 0) is 0 Å². The molecule has 1 radical (unpaired) electrons. The minimum Gasteiger partial charge on any atom is -0.384 e. The summed E-state index contributed by atoms with van der Waals surface area (Å²) in [6, 6.07) is 6.82. The fourth-order valence-electron chi connectivity index (χ4n) is 1.78. The fraction of sp³-hybridized carbons (Fsp3) is 0.333. The molecule has 0 spiro atoms. The fourth-order valence-corrected chi connectivity index (χ4v) is 1.78. The van der Waals surface area contributed by atoms with E-state index in [0.717, 1.165) is 13.1 Å². The molecule has 0 bridgehead atoms. The first-order valence-electron chi connectivity index (χ1n) is 5.55. The molecule has 1 fully saturated rings. The zero-order chi connectivity index (χ0) is 12.3. The summed E-state index contributed by atoms with van der Waals surface area (Å²) in [5.74, 6) is 0.0378. The predicted molar refractivity (Wildman–Crippen MR) is 65.2 cm³/mol. The van der Waals surface area contributed by atoms with Gasteiger partial charge in [-0.15, -0.1) is 0 Å². The minimum atomic E-state index is 0.0146. The Morgan fingerprint density at radius 3 is 2.24 bits per heavy atom. The highest BCUT2D eigenvalue weighted by atomic mass is 16.2. The number of carbonyl (C=O) groups is 1. The molecule has 0 unspecified atom stereocenters. The maximum atomic E-state index is 12.1. The summed E-state index contributed by atoms with van der Waals surface area (Å²) >= 11 is 0. The molecule has 5 heteroatoms. The molecule has 1 heterocycles. The van der Waals surface area contributed by atoms with Gasteiger partial charge in [0, 0.05) is 37.3 Å². The predicted octanol–water partition coefficient (Wildman–Crippen LogP) is 0.0309. The quantitative estimate of drug-likeness (QED) is 0.556.